The van der Waals surface area contributed by atoms with E-state index in [2.05, 4.69) is 19.9 Å². The zero-order valence-corrected chi connectivity index (χ0v) is 12.7. The Morgan fingerprint density at radius 1 is 1.45 bits per heavy atom. The molecule has 2 aromatic rings. The van der Waals surface area contributed by atoms with Crippen LogP contribution >= 0.6 is 0 Å². The first-order valence-corrected chi connectivity index (χ1v) is 7.31. The molecule has 0 aromatic carbocycles. The molecule has 2 aromatic heterocycles. The molecule has 3 rings (SSSR count). The fourth-order valence-corrected chi connectivity index (χ4v) is 2.78. The number of rotatable bonds is 4. The number of nitrogens with zero attached hydrogens (tertiary/aromatic N) is 4. The highest BCUT2D eigenvalue weighted by Gasteiger charge is 2.31. The predicted molar refractivity (Wildman–Crippen MR) is 79.9 cm³/mol. The van der Waals surface area contributed by atoms with E-state index >= 15 is 0 Å². The second-order valence-corrected chi connectivity index (χ2v) is 5.42. The number of ether oxygens (including phenoxy) is 1. The number of imidazole rings is 1. The van der Waals surface area contributed by atoms with Gasteiger partial charge in [-0.1, -0.05) is 0 Å². The van der Waals surface area contributed by atoms with Gasteiger partial charge in [0, 0.05) is 25.5 Å². The van der Waals surface area contributed by atoms with Gasteiger partial charge in [-0.2, -0.15) is 0 Å². The first-order valence-electron chi connectivity index (χ1n) is 7.31. The van der Waals surface area contributed by atoms with Crippen molar-refractivity contribution in [3.63, 3.8) is 0 Å². The van der Waals surface area contributed by atoms with Gasteiger partial charge >= 0.3 is 0 Å². The van der Waals surface area contributed by atoms with Crippen LogP contribution in [0.3, 0.4) is 0 Å². The summed E-state index contributed by atoms with van der Waals surface area (Å²) in [6.07, 6.45) is 7.02. The lowest BCUT2D eigenvalue weighted by atomic mass is 10.1. The molecule has 1 fully saturated rings. The van der Waals surface area contributed by atoms with E-state index in [4.69, 9.17) is 4.74 Å². The molecule has 1 N–H and O–H groups in total. The Kier molecular flexibility index (Phi) is 4.15. The second-order valence-electron chi connectivity index (χ2n) is 5.42. The molecule has 3 heterocycles. The molecule has 0 bridgehead atoms. The van der Waals surface area contributed by atoms with E-state index in [1.165, 1.54) is 7.11 Å². The van der Waals surface area contributed by atoms with Crippen LogP contribution in [-0.4, -0.2) is 51.0 Å². The number of H-pyrrole nitrogens is 1. The van der Waals surface area contributed by atoms with Gasteiger partial charge in [-0.05, 0) is 19.8 Å². The highest BCUT2D eigenvalue weighted by molar-refractivity contribution is 5.78. The summed E-state index contributed by atoms with van der Waals surface area (Å²) in [5, 5.41) is 0. The Morgan fingerprint density at radius 3 is 3.05 bits per heavy atom. The summed E-state index contributed by atoms with van der Waals surface area (Å²) in [7, 11) is 1.53. The number of hydrogen-bond acceptors (Lipinski definition) is 5. The van der Waals surface area contributed by atoms with Gasteiger partial charge in [0.05, 0.1) is 24.1 Å². The van der Waals surface area contributed by atoms with Crippen LogP contribution in [0, 0.1) is 6.92 Å². The van der Waals surface area contributed by atoms with E-state index in [-0.39, 0.29) is 18.6 Å². The van der Waals surface area contributed by atoms with Crippen molar-refractivity contribution in [2.24, 2.45) is 0 Å². The van der Waals surface area contributed by atoms with Gasteiger partial charge in [-0.15, -0.1) is 0 Å². The van der Waals surface area contributed by atoms with Crippen molar-refractivity contribution in [3.8, 4) is 11.5 Å². The SMILES string of the molecule is COCC(=O)N1CCC[C@H]1c1cncc(-c2ncc(C)[nH]2)n1. The zero-order valence-electron chi connectivity index (χ0n) is 12.7. The number of nitrogens with one attached hydrogen (secondary N) is 1. The lowest BCUT2D eigenvalue weighted by molar-refractivity contribution is -0.136. The minimum atomic E-state index is -0.0360. The number of hydrogen-bond donors (Lipinski definition) is 1. The van der Waals surface area contributed by atoms with Gasteiger partial charge in [0.25, 0.3) is 0 Å². The average molecular weight is 301 g/mol. The second kappa shape index (κ2) is 6.23. The summed E-state index contributed by atoms with van der Waals surface area (Å²) in [5.74, 6) is 0.686. The molecule has 1 saturated heterocycles. The number of likely N-dealkylation sites (tertiary alicyclic amines) is 1. The molecule has 1 amide bonds. The summed E-state index contributed by atoms with van der Waals surface area (Å²) in [4.78, 5) is 30.3. The minimum Gasteiger partial charge on any atom is -0.375 e. The minimum absolute atomic E-state index is 0.00829. The maximum atomic E-state index is 12.1. The van der Waals surface area contributed by atoms with Gasteiger partial charge in [0.15, 0.2) is 5.82 Å². The van der Waals surface area contributed by atoms with Crippen molar-refractivity contribution < 1.29 is 9.53 Å². The van der Waals surface area contributed by atoms with Crippen LogP contribution < -0.4 is 0 Å². The molecule has 1 atom stereocenters. The maximum Gasteiger partial charge on any atom is 0.249 e. The first-order chi connectivity index (χ1) is 10.7. The molecule has 22 heavy (non-hydrogen) atoms. The molecule has 116 valence electrons. The van der Waals surface area contributed by atoms with Crippen LogP contribution in [0.4, 0.5) is 0 Å². The van der Waals surface area contributed by atoms with Gasteiger partial charge in [-0.3, -0.25) is 9.78 Å². The van der Waals surface area contributed by atoms with Gasteiger partial charge in [-0.25, -0.2) is 9.97 Å². The summed E-state index contributed by atoms with van der Waals surface area (Å²) in [6, 6.07) is -0.0360. The van der Waals surface area contributed by atoms with Crippen LogP contribution in [0.2, 0.25) is 0 Å². The van der Waals surface area contributed by atoms with Crippen LogP contribution in [0.25, 0.3) is 11.5 Å². The highest BCUT2D eigenvalue weighted by Crippen LogP contribution is 2.31. The molecule has 0 radical (unpaired) electrons. The molecule has 0 unspecified atom stereocenters. The highest BCUT2D eigenvalue weighted by atomic mass is 16.5. The molecule has 1 aliphatic rings. The van der Waals surface area contributed by atoms with Crippen molar-refractivity contribution in [2.75, 3.05) is 20.3 Å². The number of amides is 1. The van der Waals surface area contributed by atoms with Gasteiger partial charge in [0.2, 0.25) is 5.91 Å². The van der Waals surface area contributed by atoms with Crippen molar-refractivity contribution in [2.45, 2.75) is 25.8 Å². The maximum absolute atomic E-state index is 12.1. The molecular formula is C15H19N5O2. The van der Waals surface area contributed by atoms with E-state index in [1.54, 1.807) is 18.6 Å². The summed E-state index contributed by atoms with van der Waals surface area (Å²) < 4.78 is 4.95. The molecule has 7 nitrogen and oxygen atoms in total. The van der Waals surface area contributed by atoms with E-state index in [0.717, 1.165) is 30.8 Å². The third-order valence-corrected chi connectivity index (χ3v) is 3.78. The number of aryl methyl sites for hydroxylation is 1. The van der Waals surface area contributed by atoms with Crippen LogP contribution in [0.15, 0.2) is 18.6 Å². The number of aromatic amines is 1. The molecule has 0 spiro atoms. The van der Waals surface area contributed by atoms with Crippen LogP contribution in [-0.2, 0) is 9.53 Å². The van der Waals surface area contributed by atoms with Crippen molar-refractivity contribution in [1.29, 1.82) is 0 Å². The normalized spacial score (nSPS) is 17.9. The Morgan fingerprint density at radius 2 is 2.32 bits per heavy atom. The number of methoxy groups -OCH3 is 1. The van der Waals surface area contributed by atoms with Crippen molar-refractivity contribution in [3.05, 3.63) is 30.0 Å². The topological polar surface area (TPSA) is 84.0 Å². The Bertz CT molecular complexity index is 669. The lowest BCUT2D eigenvalue weighted by Crippen LogP contribution is -2.33. The van der Waals surface area contributed by atoms with Crippen LogP contribution in [0.5, 0.6) is 0 Å². The first kappa shape index (κ1) is 14.6. The molecule has 1 aliphatic heterocycles. The monoisotopic (exact) mass is 301 g/mol. The third-order valence-electron chi connectivity index (χ3n) is 3.78. The molecule has 7 heteroatoms. The van der Waals surface area contributed by atoms with Crippen LogP contribution in [0.1, 0.15) is 30.3 Å². The number of aromatic nitrogens is 4. The Balaban J connectivity index is 1.86. The third kappa shape index (κ3) is 2.85. The smallest absolute Gasteiger partial charge is 0.249 e. The summed E-state index contributed by atoms with van der Waals surface area (Å²) in [5.41, 5.74) is 2.46. The average Bonchev–Trinajstić information content (AvgIpc) is 3.16. The van der Waals surface area contributed by atoms with Crippen molar-refractivity contribution >= 4 is 5.91 Å². The largest absolute Gasteiger partial charge is 0.375 e. The molecule has 0 saturated carbocycles. The number of carbonyl (C=O) groups excluding carboxylic acids is 1. The predicted octanol–water partition coefficient (Wildman–Crippen LogP) is 1.49. The van der Waals surface area contributed by atoms with Gasteiger partial charge in [0.1, 0.15) is 12.3 Å². The van der Waals surface area contributed by atoms with Gasteiger partial charge < -0.3 is 14.6 Å². The number of carbonyl (C=O) groups is 1. The quantitative estimate of drug-likeness (QED) is 0.925. The summed E-state index contributed by atoms with van der Waals surface area (Å²) in [6.45, 7) is 2.77. The molecular weight excluding hydrogens is 282 g/mol. The zero-order chi connectivity index (χ0) is 15.5. The van der Waals surface area contributed by atoms with E-state index in [1.807, 2.05) is 11.8 Å². The fourth-order valence-electron chi connectivity index (χ4n) is 2.78. The fraction of sp³-hybridized carbons (Fsp3) is 0.467. The van der Waals surface area contributed by atoms with E-state index < -0.39 is 0 Å². The van der Waals surface area contributed by atoms with E-state index in [9.17, 15) is 4.79 Å². The Labute approximate surface area is 128 Å². The van der Waals surface area contributed by atoms with Crippen molar-refractivity contribution in [1.82, 2.24) is 24.8 Å². The standard InChI is InChI=1S/C15H19N5O2/c1-10-6-17-15(18-10)12-8-16-7-11(19-12)13-4-3-5-20(13)14(21)9-22-2/h6-8,13H,3-5,9H2,1-2H3,(H,17,18)/t13-/m0/s1. The summed E-state index contributed by atoms with van der Waals surface area (Å²) >= 11 is 0. The lowest BCUT2D eigenvalue weighted by Gasteiger charge is -2.24. The Hall–Kier alpha value is -2.28. The van der Waals surface area contributed by atoms with E-state index in [0.29, 0.717) is 11.5 Å². The molecule has 0 aliphatic carbocycles.